The summed E-state index contributed by atoms with van der Waals surface area (Å²) < 4.78 is 0. The maximum absolute atomic E-state index is 13.0. The van der Waals surface area contributed by atoms with E-state index in [2.05, 4.69) is 48.2 Å². The van der Waals surface area contributed by atoms with Gasteiger partial charge in [-0.3, -0.25) is 10.1 Å². The summed E-state index contributed by atoms with van der Waals surface area (Å²) in [5, 5.41) is 5.17. The van der Waals surface area contributed by atoms with Crippen molar-refractivity contribution < 1.29 is 4.79 Å². The van der Waals surface area contributed by atoms with Crippen LogP contribution in [0, 0.1) is 0 Å². The average molecular weight is 418 g/mol. The first-order valence-electron chi connectivity index (χ1n) is 9.59. The van der Waals surface area contributed by atoms with Gasteiger partial charge in [-0.2, -0.15) is 0 Å². The predicted molar refractivity (Wildman–Crippen MR) is 123 cm³/mol. The molecule has 4 aromatic rings. The molecule has 4 N–H and O–H groups in total. The summed E-state index contributed by atoms with van der Waals surface area (Å²) in [6.45, 7) is 6.53. The zero-order valence-electron chi connectivity index (χ0n) is 17.1. The van der Waals surface area contributed by atoms with Gasteiger partial charge in [-0.05, 0) is 23.1 Å². The van der Waals surface area contributed by atoms with E-state index in [4.69, 9.17) is 10.7 Å². The Hall–Kier alpha value is -3.45. The Labute approximate surface area is 179 Å². The van der Waals surface area contributed by atoms with E-state index in [1.807, 2.05) is 29.6 Å². The quantitative estimate of drug-likeness (QED) is 0.391. The molecule has 1 amide bonds. The van der Waals surface area contributed by atoms with Crippen molar-refractivity contribution in [2.75, 3.05) is 11.1 Å². The maximum Gasteiger partial charge on any atom is 0.276 e. The molecule has 0 fully saturated rings. The van der Waals surface area contributed by atoms with E-state index in [1.54, 1.807) is 18.3 Å². The summed E-state index contributed by atoms with van der Waals surface area (Å²) >= 11 is 1.36. The number of amides is 1. The van der Waals surface area contributed by atoms with E-state index < -0.39 is 0 Å². The Bertz CT molecular complexity index is 1150. The Kier molecular flexibility index (Phi) is 5.13. The van der Waals surface area contributed by atoms with Gasteiger partial charge in [-0.1, -0.05) is 57.2 Å². The molecule has 0 unspecified atom stereocenters. The number of H-pyrrole nitrogens is 1. The van der Waals surface area contributed by atoms with Crippen molar-refractivity contribution in [2.24, 2.45) is 0 Å². The van der Waals surface area contributed by atoms with Crippen molar-refractivity contribution in [3.8, 4) is 22.6 Å². The second-order valence-corrected chi connectivity index (χ2v) is 8.94. The van der Waals surface area contributed by atoms with Crippen LogP contribution in [0.2, 0.25) is 0 Å². The van der Waals surface area contributed by atoms with Gasteiger partial charge in [-0.25, -0.2) is 9.97 Å². The molecular formula is C23H23N5OS. The molecule has 0 aliphatic carbocycles. The van der Waals surface area contributed by atoms with Crippen LogP contribution in [0.15, 0.2) is 60.1 Å². The first kappa shape index (κ1) is 19.8. The van der Waals surface area contributed by atoms with Crippen molar-refractivity contribution in [3.05, 3.63) is 71.4 Å². The number of aromatic nitrogens is 3. The molecule has 0 radical (unpaired) electrons. The first-order valence-corrected chi connectivity index (χ1v) is 10.5. The Balaban J connectivity index is 1.75. The fourth-order valence-electron chi connectivity index (χ4n) is 3.10. The van der Waals surface area contributed by atoms with Gasteiger partial charge in [0.2, 0.25) is 0 Å². The number of anilines is 2. The van der Waals surface area contributed by atoms with Gasteiger partial charge in [0.15, 0.2) is 5.13 Å². The van der Waals surface area contributed by atoms with Crippen molar-refractivity contribution in [1.29, 1.82) is 0 Å². The number of thiazole rings is 1. The van der Waals surface area contributed by atoms with Crippen molar-refractivity contribution in [1.82, 2.24) is 15.0 Å². The molecule has 2 aromatic carbocycles. The van der Waals surface area contributed by atoms with Crippen LogP contribution in [0.5, 0.6) is 0 Å². The largest absolute Gasteiger partial charge is 0.399 e. The number of benzene rings is 2. The fourth-order valence-corrected chi connectivity index (χ4v) is 3.62. The molecule has 0 bridgehead atoms. The Morgan fingerprint density at radius 1 is 1.03 bits per heavy atom. The molecule has 0 saturated heterocycles. The lowest BCUT2D eigenvalue weighted by molar-refractivity contribution is 0.102. The summed E-state index contributed by atoms with van der Waals surface area (Å²) in [7, 11) is 0. The van der Waals surface area contributed by atoms with Crippen LogP contribution in [0.1, 0.15) is 36.8 Å². The van der Waals surface area contributed by atoms with Crippen LogP contribution in [0.25, 0.3) is 22.6 Å². The molecule has 0 spiro atoms. The fraction of sp³-hybridized carbons (Fsp3) is 0.174. The molecular weight excluding hydrogens is 394 g/mol. The van der Waals surface area contributed by atoms with Crippen LogP contribution in [-0.4, -0.2) is 20.9 Å². The van der Waals surface area contributed by atoms with E-state index in [0.717, 1.165) is 11.1 Å². The standard InChI is InChI=1S/C23H23N5OS/c1-23(2,3)16-8-4-15(5-9-16)20-26-18(14-6-10-17(24)11-7-14)19(27-20)21(29)28-22-25-12-13-30-22/h4-13H,24H2,1-3H3,(H,26,27)(H,25,28,29). The van der Waals surface area contributed by atoms with E-state index >= 15 is 0 Å². The van der Waals surface area contributed by atoms with Gasteiger partial charge in [0, 0.05) is 28.4 Å². The Morgan fingerprint density at radius 3 is 2.30 bits per heavy atom. The smallest absolute Gasteiger partial charge is 0.276 e. The molecule has 0 aliphatic heterocycles. The summed E-state index contributed by atoms with van der Waals surface area (Å²) in [5.41, 5.74) is 10.4. The topological polar surface area (TPSA) is 96.7 Å². The molecule has 30 heavy (non-hydrogen) atoms. The number of nitrogen functional groups attached to an aromatic ring is 1. The molecule has 0 aliphatic rings. The first-order chi connectivity index (χ1) is 14.3. The highest BCUT2D eigenvalue weighted by atomic mass is 32.1. The maximum atomic E-state index is 13.0. The minimum atomic E-state index is -0.290. The highest BCUT2D eigenvalue weighted by molar-refractivity contribution is 7.13. The number of nitrogens with two attached hydrogens (primary N) is 1. The van der Waals surface area contributed by atoms with Gasteiger partial charge in [-0.15, -0.1) is 11.3 Å². The zero-order chi connectivity index (χ0) is 21.3. The van der Waals surface area contributed by atoms with Crippen LogP contribution < -0.4 is 11.1 Å². The van der Waals surface area contributed by atoms with E-state index in [1.165, 1.54) is 16.9 Å². The van der Waals surface area contributed by atoms with Crippen LogP contribution >= 0.6 is 11.3 Å². The second kappa shape index (κ2) is 7.76. The summed E-state index contributed by atoms with van der Waals surface area (Å²) in [5.74, 6) is 0.341. The molecule has 2 heterocycles. The lowest BCUT2D eigenvalue weighted by Crippen LogP contribution is -2.13. The molecule has 4 rings (SSSR count). The number of imidazole rings is 1. The third-order valence-electron chi connectivity index (χ3n) is 4.79. The van der Waals surface area contributed by atoms with Gasteiger partial charge in [0.1, 0.15) is 17.2 Å². The van der Waals surface area contributed by atoms with E-state index in [-0.39, 0.29) is 11.3 Å². The molecule has 6 nitrogen and oxygen atoms in total. The van der Waals surface area contributed by atoms with Crippen LogP contribution in [-0.2, 0) is 5.41 Å². The monoisotopic (exact) mass is 417 g/mol. The molecule has 0 atom stereocenters. The van der Waals surface area contributed by atoms with Gasteiger partial charge in [0.25, 0.3) is 5.91 Å². The number of nitrogens with one attached hydrogen (secondary N) is 2. The molecule has 7 heteroatoms. The summed E-state index contributed by atoms with van der Waals surface area (Å²) in [6.07, 6.45) is 1.65. The normalized spacial score (nSPS) is 11.4. The number of nitrogens with zero attached hydrogens (tertiary/aromatic N) is 2. The van der Waals surface area contributed by atoms with E-state index in [9.17, 15) is 4.79 Å². The van der Waals surface area contributed by atoms with Gasteiger partial charge in [0.05, 0.1) is 0 Å². The lowest BCUT2D eigenvalue weighted by Gasteiger charge is -2.18. The molecule has 2 aromatic heterocycles. The third-order valence-corrected chi connectivity index (χ3v) is 5.48. The van der Waals surface area contributed by atoms with Crippen molar-refractivity contribution >= 4 is 28.1 Å². The van der Waals surface area contributed by atoms with E-state index in [0.29, 0.717) is 28.0 Å². The number of rotatable bonds is 4. The summed E-state index contributed by atoms with van der Waals surface area (Å²) in [4.78, 5) is 25.0. The van der Waals surface area contributed by atoms with Crippen LogP contribution in [0.3, 0.4) is 0 Å². The second-order valence-electron chi connectivity index (χ2n) is 8.05. The van der Waals surface area contributed by atoms with Crippen molar-refractivity contribution in [2.45, 2.75) is 26.2 Å². The minimum Gasteiger partial charge on any atom is -0.399 e. The predicted octanol–water partition coefficient (Wildman–Crippen LogP) is 5.33. The highest BCUT2D eigenvalue weighted by Crippen LogP contribution is 2.29. The highest BCUT2D eigenvalue weighted by Gasteiger charge is 2.21. The molecule has 0 saturated carbocycles. The number of carbonyl (C=O) groups excluding carboxylic acids is 1. The minimum absolute atomic E-state index is 0.0651. The van der Waals surface area contributed by atoms with Gasteiger partial charge < -0.3 is 10.7 Å². The van der Waals surface area contributed by atoms with Crippen LogP contribution in [0.4, 0.5) is 10.8 Å². The third kappa shape index (κ3) is 4.11. The number of aromatic amines is 1. The number of hydrogen-bond acceptors (Lipinski definition) is 5. The zero-order valence-corrected chi connectivity index (χ0v) is 17.9. The van der Waals surface area contributed by atoms with Crippen molar-refractivity contribution in [3.63, 3.8) is 0 Å². The molecule has 152 valence electrons. The summed E-state index contributed by atoms with van der Waals surface area (Å²) in [6, 6.07) is 15.5. The average Bonchev–Trinajstić information content (AvgIpc) is 3.38. The Morgan fingerprint density at radius 2 is 1.70 bits per heavy atom. The SMILES string of the molecule is CC(C)(C)c1ccc(-c2nc(-c3ccc(N)cc3)c(C(=O)Nc3nccs3)[nH]2)cc1. The number of carbonyl (C=O) groups is 1. The number of hydrogen-bond donors (Lipinski definition) is 3. The lowest BCUT2D eigenvalue weighted by atomic mass is 9.87. The van der Waals surface area contributed by atoms with Gasteiger partial charge >= 0.3 is 0 Å².